The van der Waals surface area contributed by atoms with Crippen molar-refractivity contribution in [1.82, 2.24) is 10.2 Å². The van der Waals surface area contributed by atoms with Crippen molar-refractivity contribution in [2.75, 3.05) is 11.1 Å². The summed E-state index contributed by atoms with van der Waals surface area (Å²) in [5.41, 5.74) is -0.00885. The number of halogens is 1. The highest BCUT2D eigenvalue weighted by molar-refractivity contribution is 7.99. The van der Waals surface area contributed by atoms with E-state index in [0.717, 1.165) is 16.3 Å². The number of hydrogen-bond donors (Lipinski definition) is 1. The van der Waals surface area contributed by atoms with Gasteiger partial charge >= 0.3 is 0 Å². The number of anilines is 1. The van der Waals surface area contributed by atoms with Crippen molar-refractivity contribution >= 4 is 45.7 Å². The van der Waals surface area contributed by atoms with E-state index in [1.807, 2.05) is 24.3 Å². The lowest BCUT2D eigenvalue weighted by Crippen LogP contribution is -2.14. The zero-order chi connectivity index (χ0) is 16.9. The Hall–Kier alpha value is -1.11. The van der Waals surface area contributed by atoms with Crippen LogP contribution in [0.4, 0.5) is 5.13 Å². The van der Waals surface area contributed by atoms with E-state index in [9.17, 15) is 4.79 Å². The summed E-state index contributed by atoms with van der Waals surface area (Å²) in [4.78, 5) is 13.1. The largest absolute Gasteiger partial charge is 0.301 e. The number of benzene rings is 1. The molecule has 0 saturated heterocycles. The van der Waals surface area contributed by atoms with Crippen LogP contribution in [0.15, 0.2) is 29.2 Å². The SMILES string of the molecule is CCC(C)(C)c1nnc(NC(=O)CCSc2ccc(Cl)cc2)s1. The van der Waals surface area contributed by atoms with E-state index < -0.39 is 0 Å². The van der Waals surface area contributed by atoms with Crippen LogP contribution in [-0.4, -0.2) is 21.9 Å². The van der Waals surface area contributed by atoms with Crippen LogP contribution in [-0.2, 0) is 10.2 Å². The normalized spacial score (nSPS) is 11.5. The van der Waals surface area contributed by atoms with Gasteiger partial charge in [-0.2, -0.15) is 0 Å². The first-order chi connectivity index (χ1) is 10.9. The molecule has 124 valence electrons. The molecular weight excluding hydrogens is 350 g/mol. The van der Waals surface area contributed by atoms with Crippen molar-refractivity contribution in [2.24, 2.45) is 0 Å². The van der Waals surface area contributed by atoms with E-state index >= 15 is 0 Å². The first-order valence-corrected chi connectivity index (χ1v) is 9.61. The molecule has 0 fully saturated rings. The van der Waals surface area contributed by atoms with Crippen LogP contribution in [0.3, 0.4) is 0 Å². The summed E-state index contributed by atoms with van der Waals surface area (Å²) >= 11 is 8.92. The highest BCUT2D eigenvalue weighted by atomic mass is 35.5. The standard InChI is InChI=1S/C16H20ClN3OS2/c1-4-16(2,3)14-19-20-15(23-14)18-13(21)9-10-22-12-7-5-11(17)6-8-12/h5-8H,4,9-10H2,1-3H3,(H,18,20,21). The molecule has 0 unspecified atom stereocenters. The van der Waals surface area contributed by atoms with Gasteiger partial charge in [0.15, 0.2) is 0 Å². The summed E-state index contributed by atoms with van der Waals surface area (Å²) in [7, 11) is 0. The van der Waals surface area contributed by atoms with Gasteiger partial charge in [-0.15, -0.1) is 22.0 Å². The van der Waals surface area contributed by atoms with E-state index in [1.54, 1.807) is 11.8 Å². The second kappa shape index (κ2) is 8.13. The molecule has 2 aromatic rings. The quantitative estimate of drug-likeness (QED) is 0.697. The minimum Gasteiger partial charge on any atom is -0.301 e. The van der Waals surface area contributed by atoms with Crippen molar-refractivity contribution in [2.45, 2.75) is 43.9 Å². The maximum atomic E-state index is 12.0. The van der Waals surface area contributed by atoms with Crippen molar-refractivity contribution in [1.29, 1.82) is 0 Å². The third-order valence-electron chi connectivity index (χ3n) is 3.55. The Labute approximate surface area is 150 Å². The fourth-order valence-corrected chi connectivity index (χ4v) is 3.58. The van der Waals surface area contributed by atoms with Crippen LogP contribution in [0.5, 0.6) is 0 Å². The average Bonchev–Trinajstić information content (AvgIpc) is 2.98. The molecule has 1 amide bonds. The molecule has 1 aromatic carbocycles. The molecule has 0 aliphatic rings. The van der Waals surface area contributed by atoms with E-state index in [4.69, 9.17) is 11.6 Å². The van der Waals surface area contributed by atoms with Gasteiger partial charge in [0.1, 0.15) is 5.01 Å². The zero-order valence-electron chi connectivity index (χ0n) is 13.4. The summed E-state index contributed by atoms with van der Waals surface area (Å²) in [6, 6.07) is 7.61. The molecule has 0 aliphatic carbocycles. The molecule has 23 heavy (non-hydrogen) atoms. The van der Waals surface area contributed by atoms with Crippen LogP contribution in [0.1, 0.15) is 38.6 Å². The number of rotatable bonds is 7. The van der Waals surface area contributed by atoms with Gasteiger partial charge in [0.05, 0.1) is 0 Å². The number of carbonyl (C=O) groups is 1. The summed E-state index contributed by atoms with van der Waals surface area (Å²) in [6.07, 6.45) is 1.41. The van der Waals surface area contributed by atoms with Gasteiger partial charge < -0.3 is 5.32 Å². The second-order valence-electron chi connectivity index (χ2n) is 5.75. The molecule has 1 heterocycles. The lowest BCUT2D eigenvalue weighted by molar-refractivity contribution is -0.115. The number of nitrogens with one attached hydrogen (secondary N) is 1. The monoisotopic (exact) mass is 369 g/mol. The Morgan fingerprint density at radius 1 is 1.30 bits per heavy atom. The Morgan fingerprint density at radius 3 is 2.65 bits per heavy atom. The van der Waals surface area contributed by atoms with Crippen LogP contribution in [0, 0.1) is 0 Å². The Kier molecular flexibility index (Phi) is 6.44. The fourth-order valence-electron chi connectivity index (χ4n) is 1.67. The van der Waals surface area contributed by atoms with Gasteiger partial charge in [-0.1, -0.05) is 43.7 Å². The van der Waals surface area contributed by atoms with E-state index in [2.05, 4.69) is 36.3 Å². The molecule has 0 aliphatic heterocycles. The molecule has 2 rings (SSSR count). The number of amides is 1. The molecule has 0 bridgehead atoms. The average molecular weight is 370 g/mol. The van der Waals surface area contributed by atoms with Crippen LogP contribution < -0.4 is 5.32 Å². The van der Waals surface area contributed by atoms with Gasteiger partial charge in [-0.25, -0.2) is 0 Å². The first kappa shape index (κ1) is 18.2. The number of nitrogens with zero attached hydrogens (tertiary/aromatic N) is 2. The van der Waals surface area contributed by atoms with Gasteiger partial charge in [0, 0.05) is 27.5 Å². The summed E-state index contributed by atoms with van der Waals surface area (Å²) < 4.78 is 0. The third kappa shape index (κ3) is 5.48. The Morgan fingerprint density at radius 2 is 2.00 bits per heavy atom. The minimum absolute atomic E-state index is 0.00885. The lowest BCUT2D eigenvalue weighted by Gasteiger charge is -2.17. The topological polar surface area (TPSA) is 54.9 Å². The maximum Gasteiger partial charge on any atom is 0.227 e. The molecule has 1 aromatic heterocycles. The highest BCUT2D eigenvalue weighted by Crippen LogP contribution is 2.31. The van der Waals surface area contributed by atoms with Gasteiger partial charge in [-0.3, -0.25) is 4.79 Å². The van der Waals surface area contributed by atoms with Crippen molar-refractivity contribution in [3.05, 3.63) is 34.3 Å². The number of aromatic nitrogens is 2. The van der Waals surface area contributed by atoms with E-state index in [0.29, 0.717) is 22.3 Å². The van der Waals surface area contributed by atoms with E-state index in [1.165, 1.54) is 11.3 Å². The first-order valence-electron chi connectivity index (χ1n) is 7.43. The molecule has 0 spiro atoms. The predicted molar refractivity (Wildman–Crippen MR) is 98.6 cm³/mol. The summed E-state index contributed by atoms with van der Waals surface area (Å²) in [6.45, 7) is 6.37. The van der Waals surface area contributed by atoms with E-state index in [-0.39, 0.29) is 11.3 Å². The summed E-state index contributed by atoms with van der Waals surface area (Å²) in [5, 5.41) is 13.3. The molecular formula is C16H20ClN3OS2. The molecule has 4 nitrogen and oxygen atoms in total. The number of thioether (sulfide) groups is 1. The van der Waals surface area contributed by atoms with Crippen molar-refractivity contribution in [3.63, 3.8) is 0 Å². The smallest absolute Gasteiger partial charge is 0.227 e. The summed E-state index contributed by atoms with van der Waals surface area (Å²) in [5.74, 6) is 0.669. The lowest BCUT2D eigenvalue weighted by atomic mass is 9.91. The highest BCUT2D eigenvalue weighted by Gasteiger charge is 2.23. The molecule has 0 atom stereocenters. The molecule has 7 heteroatoms. The minimum atomic E-state index is -0.0385. The second-order valence-corrected chi connectivity index (χ2v) is 8.33. The Bertz CT molecular complexity index is 656. The maximum absolute atomic E-state index is 12.0. The van der Waals surface area contributed by atoms with Crippen molar-refractivity contribution in [3.8, 4) is 0 Å². The molecule has 1 N–H and O–H groups in total. The molecule has 0 radical (unpaired) electrons. The predicted octanol–water partition coefficient (Wildman–Crippen LogP) is 5.00. The van der Waals surface area contributed by atoms with Gasteiger partial charge in [0.25, 0.3) is 0 Å². The Balaban J connectivity index is 1.80. The zero-order valence-corrected chi connectivity index (χ0v) is 15.8. The van der Waals surface area contributed by atoms with Crippen LogP contribution in [0.25, 0.3) is 0 Å². The fraction of sp³-hybridized carbons (Fsp3) is 0.438. The molecule has 0 saturated carbocycles. The number of hydrogen-bond acceptors (Lipinski definition) is 5. The van der Waals surface area contributed by atoms with Crippen molar-refractivity contribution < 1.29 is 4.79 Å². The number of carbonyl (C=O) groups excluding carboxylic acids is 1. The van der Waals surface area contributed by atoms with Gasteiger partial charge in [-0.05, 0) is 30.7 Å². The van der Waals surface area contributed by atoms with Crippen LogP contribution in [0.2, 0.25) is 5.02 Å². The van der Waals surface area contributed by atoms with Crippen LogP contribution >= 0.6 is 34.7 Å². The van der Waals surface area contributed by atoms with Gasteiger partial charge in [0.2, 0.25) is 11.0 Å². The third-order valence-corrected chi connectivity index (χ3v) is 6.02.